The lowest BCUT2D eigenvalue weighted by atomic mass is 9.76. The molecule has 0 aromatic heterocycles. The van der Waals surface area contributed by atoms with Crippen LogP contribution in [0.2, 0.25) is 0 Å². The molecule has 0 amide bonds. The normalized spacial score (nSPS) is 12.6. The first-order valence-corrected chi connectivity index (χ1v) is 13.8. The van der Waals surface area contributed by atoms with Crippen molar-refractivity contribution in [2.24, 2.45) is 5.41 Å². The van der Waals surface area contributed by atoms with Gasteiger partial charge in [0.2, 0.25) is 0 Å². The van der Waals surface area contributed by atoms with Crippen LogP contribution < -0.4 is 20.9 Å². The van der Waals surface area contributed by atoms with Crippen molar-refractivity contribution < 1.29 is 9.47 Å². The fourth-order valence-corrected chi connectivity index (χ4v) is 5.20. The average molecular weight is 523 g/mol. The van der Waals surface area contributed by atoms with E-state index in [4.69, 9.17) is 20.9 Å². The highest BCUT2D eigenvalue weighted by molar-refractivity contribution is 5.45. The van der Waals surface area contributed by atoms with Crippen LogP contribution in [0.5, 0.6) is 11.5 Å². The number of hydrogen-bond acceptors (Lipinski definition) is 4. The Morgan fingerprint density at radius 3 is 1.56 bits per heavy atom. The molecule has 4 aromatic rings. The fourth-order valence-electron chi connectivity index (χ4n) is 5.20. The molecule has 4 aromatic carbocycles. The Morgan fingerprint density at radius 1 is 0.590 bits per heavy atom. The summed E-state index contributed by atoms with van der Waals surface area (Å²) in [5.41, 5.74) is 21.7. The largest absolute Gasteiger partial charge is 0.489 e. The van der Waals surface area contributed by atoms with Gasteiger partial charge >= 0.3 is 0 Å². The lowest BCUT2D eigenvalue weighted by Gasteiger charge is -2.29. The molecule has 0 bridgehead atoms. The van der Waals surface area contributed by atoms with Gasteiger partial charge in [0.15, 0.2) is 0 Å². The predicted octanol–water partition coefficient (Wildman–Crippen LogP) is 8.14. The van der Waals surface area contributed by atoms with Crippen LogP contribution in [-0.2, 0) is 26.1 Å². The highest BCUT2D eigenvalue weighted by atomic mass is 16.5. The number of ether oxygens (including phenoxy) is 2. The van der Waals surface area contributed by atoms with E-state index in [9.17, 15) is 0 Å². The molecule has 1 atom stereocenters. The molecule has 0 saturated heterocycles. The summed E-state index contributed by atoms with van der Waals surface area (Å²) in [6, 6.07) is 26.9. The number of hydrogen-bond donors (Lipinski definition) is 2. The summed E-state index contributed by atoms with van der Waals surface area (Å²) >= 11 is 0. The maximum atomic E-state index is 6.22. The minimum Gasteiger partial charge on any atom is -0.489 e. The maximum absolute atomic E-state index is 6.22. The molecule has 4 heteroatoms. The smallest absolute Gasteiger partial charge is 0.125 e. The molecule has 0 aliphatic heterocycles. The maximum Gasteiger partial charge on any atom is 0.125 e. The van der Waals surface area contributed by atoms with Gasteiger partial charge in [-0.15, -0.1) is 0 Å². The molecule has 0 aliphatic carbocycles. The van der Waals surface area contributed by atoms with Crippen LogP contribution in [0.3, 0.4) is 0 Å². The molecule has 39 heavy (non-hydrogen) atoms. The number of benzene rings is 4. The monoisotopic (exact) mass is 522 g/mol. The van der Waals surface area contributed by atoms with Crippen LogP contribution >= 0.6 is 0 Å². The van der Waals surface area contributed by atoms with Gasteiger partial charge < -0.3 is 20.9 Å². The predicted molar refractivity (Wildman–Crippen MR) is 163 cm³/mol. The van der Waals surface area contributed by atoms with Crippen molar-refractivity contribution in [3.8, 4) is 11.5 Å². The standard InChI is InChI=1S/C35H42N2O2/c1-6-35(5,20-29-11-16-33(24(2)17-29)38-22-27-7-12-31(36)13-8-27)21-30-18-25(3)34(26(4)19-30)39-23-28-9-14-32(37)15-10-28/h7-19H,6,20-23,36-37H2,1-5H3. The minimum absolute atomic E-state index is 0.143. The third-order valence-corrected chi connectivity index (χ3v) is 7.61. The van der Waals surface area contributed by atoms with Crippen molar-refractivity contribution in [3.05, 3.63) is 118 Å². The Hall–Kier alpha value is -3.92. The molecule has 0 fully saturated rings. The minimum atomic E-state index is 0.143. The zero-order chi connectivity index (χ0) is 28.0. The van der Waals surface area contributed by atoms with Crippen LogP contribution in [0.25, 0.3) is 0 Å². The van der Waals surface area contributed by atoms with E-state index in [0.29, 0.717) is 13.2 Å². The van der Waals surface area contributed by atoms with E-state index in [1.807, 2.05) is 48.5 Å². The molecule has 0 heterocycles. The van der Waals surface area contributed by atoms with E-state index in [-0.39, 0.29) is 5.41 Å². The van der Waals surface area contributed by atoms with Gasteiger partial charge in [0.05, 0.1) is 0 Å². The molecule has 0 spiro atoms. The van der Waals surface area contributed by atoms with Crippen LogP contribution in [0, 0.1) is 26.2 Å². The second-order valence-corrected chi connectivity index (χ2v) is 11.2. The van der Waals surface area contributed by atoms with Crippen LogP contribution in [-0.4, -0.2) is 0 Å². The fraction of sp³-hybridized carbons (Fsp3) is 0.314. The first-order chi connectivity index (χ1) is 18.6. The van der Waals surface area contributed by atoms with Crippen molar-refractivity contribution >= 4 is 11.4 Å². The van der Waals surface area contributed by atoms with E-state index in [0.717, 1.165) is 58.8 Å². The molecule has 1 unspecified atom stereocenters. The van der Waals surface area contributed by atoms with Gasteiger partial charge in [-0.25, -0.2) is 0 Å². The number of anilines is 2. The van der Waals surface area contributed by atoms with Crippen LogP contribution in [0.4, 0.5) is 11.4 Å². The summed E-state index contributed by atoms with van der Waals surface area (Å²) < 4.78 is 12.3. The topological polar surface area (TPSA) is 70.5 Å². The highest BCUT2D eigenvalue weighted by Crippen LogP contribution is 2.35. The van der Waals surface area contributed by atoms with Gasteiger partial charge in [-0.3, -0.25) is 0 Å². The Bertz CT molecular complexity index is 1370. The second-order valence-electron chi connectivity index (χ2n) is 11.2. The first kappa shape index (κ1) is 28.1. The quantitative estimate of drug-likeness (QED) is 0.195. The van der Waals surface area contributed by atoms with Crippen molar-refractivity contribution in [3.63, 3.8) is 0 Å². The molecule has 4 rings (SSSR count). The van der Waals surface area contributed by atoms with E-state index < -0.39 is 0 Å². The second kappa shape index (κ2) is 12.3. The van der Waals surface area contributed by atoms with E-state index in [1.165, 1.54) is 22.3 Å². The zero-order valence-electron chi connectivity index (χ0n) is 24.0. The van der Waals surface area contributed by atoms with Gasteiger partial charge in [-0.2, -0.15) is 0 Å². The summed E-state index contributed by atoms with van der Waals surface area (Å²) in [6.07, 6.45) is 3.11. The van der Waals surface area contributed by atoms with Gasteiger partial charge in [0, 0.05) is 11.4 Å². The van der Waals surface area contributed by atoms with Crippen molar-refractivity contribution in [2.45, 2.75) is 67.1 Å². The number of rotatable bonds is 11. The summed E-state index contributed by atoms with van der Waals surface area (Å²) in [5, 5.41) is 0. The molecule has 0 saturated carbocycles. The molecular weight excluding hydrogens is 480 g/mol. The molecule has 4 nitrogen and oxygen atoms in total. The van der Waals surface area contributed by atoms with E-state index in [2.05, 4.69) is 65.0 Å². The van der Waals surface area contributed by atoms with E-state index >= 15 is 0 Å². The summed E-state index contributed by atoms with van der Waals surface area (Å²) in [5.74, 6) is 1.90. The van der Waals surface area contributed by atoms with Crippen molar-refractivity contribution in [1.29, 1.82) is 0 Å². The summed E-state index contributed by atoms with van der Waals surface area (Å²) in [4.78, 5) is 0. The Morgan fingerprint density at radius 2 is 1.05 bits per heavy atom. The summed E-state index contributed by atoms with van der Waals surface area (Å²) in [7, 11) is 0. The first-order valence-electron chi connectivity index (χ1n) is 13.8. The van der Waals surface area contributed by atoms with Crippen LogP contribution in [0.1, 0.15) is 59.2 Å². The highest BCUT2D eigenvalue weighted by Gasteiger charge is 2.24. The van der Waals surface area contributed by atoms with Gasteiger partial charge in [-0.1, -0.05) is 68.8 Å². The Labute approximate surface area is 234 Å². The van der Waals surface area contributed by atoms with Gasteiger partial charge in [-0.05, 0) is 108 Å². The lowest BCUT2D eigenvalue weighted by Crippen LogP contribution is -2.22. The molecule has 0 aliphatic rings. The molecule has 0 radical (unpaired) electrons. The number of nitrogens with two attached hydrogens (primary N) is 2. The third-order valence-electron chi connectivity index (χ3n) is 7.61. The van der Waals surface area contributed by atoms with Crippen molar-refractivity contribution in [2.75, 3.05) is 11.5 Å². The average Bonchev–Trinajstić information content (AvgIpc) is 2.89. The van der Waals surface area contributed by atoms with Crippen LogP contribution in [0.15, 0.2) is 78.9 Å². The Balaban J connectivity index is 1.40. The SMILES string of the molecule is CCC(C)(Cc1ccc(OCc2ccc(N)cc2)c(C)c1)Cc1cc(C)c(OCc2ccc(N)cc2)c(C)c1. The molecular formula is C35H42N2O2. The summed E-state index contributed by atoms with van der Waals surface area (Å²) in [6.45, 7) is 12.2. The van der Waals surface area contributed by atoms with Gasteiger partial charge in [0.1, 0.15) is 24.7 Å². The van der Waals surface area contributed by atoms with Gasteiger partial charge in [0.25, 0.3) is 0 Å². The lowest BCUT2D eigenvalue weighted by molar-refractivity contribution is 0.297. The van der Waals surface area contributed by atoms with E-state index in [1.54, 1.807) is 0 Å². The molecule has 4 N–H and O–H groups in total. The number of nitrogen functional groups attached to an aromatic ring is 2. The number of aryl methyl sites for hydroxylation is 3. The van der Waals surface area contributed by atoms with Crippen molar-refractivity contribution in [1.82, 2.24) is 0 Å². The molecule has 204 valence electrons. The zero-order valence-corrected chi connectivity index (χ0v) is 24.0. The Kier molecular flexibility index (Phi) is 8.86. The third kappa shape index (κ3) is 7.57.